The number of aromatic nitrogens is 3. The van der Waals surface area contributed by atoms with E-state index in [1.807, 2.05) is 0 Å². The quantitative estimate of drug-likeness (QED) is 0.887. The van der Waals surface area contributed by atoms with Crippen molar-refractivity contribution in [1.29, 1.82) is 0 Å². The molecule has 0 saturated carbocycles. The summed E-state index contributed by atoms with van der Waals surface area (Å²) in [6.07, 6.45) is 3.37. The number of thiazole rings is 1. The van der Waals surface area contributed by atoms with Gasteiger partial charge in [0.25, 0.3) is 5.91 Å². The highest BCUT2D eigenvalue weighted by molar-refractivity contribution is 7.07. The molecular weight excluding hydrogens is 250 g/mol. The first-order chi connectivity index (χ1) is 8.83. The largest absolute Gasteiger partial charge is 0.348 e. The Morgan fingerprint density at radius 2 is 2.11 bits per heavy atom. The molecule has 1 aliphatic heterocycles. The molecule has 0 bridgehead atoms. The molecule has 0 spiro atoms. The SMILES string of the molecule is O=C(c1cscn1)N1CC(Nc2ncccn2)C1. The zero-order valence-electron chi connectivity index (χ0n) is 9.48. The number of hydrogen-bond acceptors (Lipinski definition) is 6. The third kappa shape index (κ3) is 2.17. The maximum absolute atomic E-state index is 11.9. The van der Waals surface area contributed by atoms with E-state index in [1.54, 1.807) is 34.3 Å². The number of rotatable bonds is 3. The van der Waals surface area contributed by atoms with Crippen LogP contribution in [0, 0.1) is 0 Å². The van der Waals surface area contributed by atoms with Gasteiger partial charge >= 0.3 is 0 Å². The van der Waals surface area contributed by atoms with Crippen molar-refractivity contribution in [2.24, 2.45) is 0 Å². The molecule has 1 fully saturated rings. The van der Waals surface area contributed by atoms with E-state index >= 15 is 0 Å². The molecule has 2 aromatic rings. The van der Waals surface area contributed by atoms with Crippen LogP contribution >= 0.6 is 11.3 Å². The molecule has 18 heavy (non-hydrogen) atoms. The maximum Gasteiger partial charge on any atom is 0.273 e. The minimum Gasteiger partial charge on any atom is -0.348 e. The summed E-state index contributed by atoms with van der Waals surface area (Å²) < 4.78 is 0. The van der Waals surface area contributed by atoms with E-state index in [1.165, 1.54) is 11.3 Å². The Labute approximate surface area is 108 Å². The van der Waals surface area contributed by atoms with Crippen LogP contribution in [0.1, 0.15) is 10.5 Å². The molecule has 1 saturated heterocycles. The van der Waals surface area contributed by atoms with Gasteiger partial charge in [0.05, 0.1) is 11.6 Å². The second-order valence-corrected chi connectivity index (χ2v) is 4.72. The second kappa shape index (κ2) is 4.69. The van der Waals surface area contributed by atoms with Gasteiger partial charge in [-0.1, -0.05) is 0 Å². The zero-order chi connectivity index (χ0) is 12.4. The standard InChI is InChI=1S/C11H11N5OS/c17-10(9-6-18-7-14-9)16-4-8(5-16)15-11-12-2-1-3-13-11/h1-3,6-8H,4-5H2,(H,12,13,15). The molecule has 1 aliphatic rings. The summed E-state index contributed by atoms with van der Waals surface area (Å²) >= 11 is 1.43. The van der Waals surface area contributed by atoms with Gasteiger partial charge < -0.3 is 10.2 Å². The van der Waals surface area contributed by atoms with E-state index in [9.17, 15) is 4.79 Å². The number of amides is 1. The first-order valence-electron chi connectivity index (χ1n) is 5.54. The third-order valence-electron chi connectivity index (χ3n) is 2.72. The molecule has 0 aromatic carbocycles. The highest BCUT2D eigenvalue weighted by Gasteiger charge is 2.32. The Morgan fingerprint density at radius 1 is 1.33 bits per heavy atom. The van der Waals surface area contributed by atoms with Gasteiger partial charge in [0.15, 0.2) is 0 Å². The van der Waals surface area contributed by atoms with Gasteiger partial charge in [-0.05, 0) is 6.07 Å². The molecule has 6 nitrogen and oxygen atoms in total. The van der Waals surface area contributed by atoms with E-state index < -0.39 is 0 Å². The number of nitrogens with zero attached hydrogens (tertiary/aromatic N) is 4. The number of carbonyl (C=O) groups excluding carboxylic acids is 1. The number of nitrogens with one attached hydrogen (secondary N) is 1. The molecule has 1 N–H and O–H groups in total. The molecule has 0 radical (unpaired) electrons. The lowest BCUT2D eigenvalue weighted by molar-refractivity contribution is 0.0619. The van der Waals surface area contributed by atoms with Gasteiger partial charge in [0, 0.05) is 30.9 Å². The van der Waals surface area contributed by atoms with Gasteiger partial charge in [-0.2, -0.15) is 0 Å². The van der Waals surface area contributed by atoms with Crippen LogP contribution in [0.25, 0.3) is 0 Å². The van der Waals surface area contributed by atoms with Crippen molar-refractivity contribution in [3.05, 3.63) is 35.0 Å². The fourth-order valence-electron chi connectivity index (χ4n) is 1.77. The van der Waals surface area contributed by atoms with Crippen molar-refractivity contribution in [1.82, 2.24) is 19.9 Å². The molecule has 7 heteroatoms. The zero-order valence-corrected chi connectivity index (χ0v) is 10.3. The highest BCUT2D eigenvalue weighted by Crippen LogP contribution is 2.15. The molecule has 1 amide bonds. The molecular formula is C11H11N5OS. The average Bonchev–Trinajstić information content (AvgIpc) is 2.87. The molecule has 0 aliphatic carbocycles. The Bertz CT molecular complexity index is 524. The summed E-state index contributed by atoms with van der Waals surface area (Å²) in [4.78, 5) is 25.8. The van der Waals surface area contributed by atoms with E-state index in [-0.39, 0.29) is 11.9 Å². The maximum atomic E-state index is 11.9. The summed E-state index contributed by atoms with van der Waals surface area (Å²) in [5.74, 6) is 0.589. The van der Waals surface area contributed by atoms with Gasteiger partial charge in [0.1, 0.15) is 5.69 Å². The predicted molar refractivity (Wildman–Crippen MR) is 67.5 cm³/mol. The monoisotopic (exact) mass is 261 g/mol. The van der Waals surface area contributed by atoms with Crippen LogP contribution in [0.3, 0.4) is 0 Å². The lowest BCUT2D eigenvalue weighted by Crippen LogP contribution is -2.57. The summed E-state index contributed by atoms with van der Waals surface area (Å²) in [5.41, 5.74) is 2.19. The number of likely N-dealkylation sites (tertiary alicyclic amines) is 1. The van der Waals surface area contributed by atoms with E-state index in [4.69, 9.17) is 0 Å². The lowest BCUT2D eigenvalue weighted by Gasteiger charge is -2.39. The van der Waals surface area contributed by atoms with Crippen molar-refractivity contribution >= 4 is 23.2 Å². The minimum atomic E-state index is -0.0109. The Kier molecular flexibility index (Phi) is 2.89. The predicted octanol–water partition coefficient (Wildman–Crippen LogP) is 0.870. The molecule has 0 atom stereocenters. The fourth-order valence-corrected chi connectivity index (χ4v) is 2.30. The summed E-state index contributed by atoms with van der Waals surface area (Å²) in [7, 11) is 0. The van der Waals surface area contributed by atoms with Gasteiger partial charge in [-0.3, -0.25) is 4.79 Å². The van der Waals surface area contributed by atoms with Crippen LogP contribution in [0.5, 0.6) is 0 Å². The Morgan fingerprint density at radius 3 is 2.78 bits per heavy atom. The van der Waals surface area contributed by atoms with Crippen molar-refractivity contribution in [3.63, 3.8) is 0 Å². The topological polar surface area (TPSA) is 71.0 Å². The van der Waals surface area contributed by atoms with Crippen molar-refractivity contribution in [2.75, 3.05) is 18.4 Å². The van der Waals surface area contributed by atoms with Gasteiger partial charge in [0.2, 0.25) is 5.95 Å². The van der Waals surface area contributed by atoms with Crippen LogP contribution in [0.4, 0.5) is 5.95 Å². The Hall–Kier alpha value is -2.02. The summed E-state index contributed by atoms with van der Waals surface area (Å²) in [6.45, 7) is 1.32. The molecule has 2 aromatic heterocycles. The third-order valence-corrected chi connectivity index (χ3v) is 3.31. The van der Waals surface area contributed by atoms with Crippen molar-refractivity contribution in [3.8, 4) is 0 Å². The van der Waals surface area contributed by atoms with E-state index in [2.05, 4.69) is 20.3 Å². The van der Waals surface area contributed by atoms with Gasteiger partial charge in [-0.15, -0.1) is 11.3 Å². The van der Waals surface area contributed by atoms with Crippen molar-refractivity contribution in [2.45, 2.75) is 6.04 Å². The first-order valence-corrected chi connectivity index (χ1v) is 6.48. The fraction of sp³-hybridized carbons (Fsp3) is 0.273. The van der Waals surface area contributed by atoms with Crippen LogP contribution < -0.4 is 5.32 Å². The summed E-state index contributed by atoms with van der Waals surface area (Å²) in [6, 6.07) is 1.99. The van der Waals surface area contributed by atoms with Crippen LogP contribution in [0.15, 0.2) is 29.4 Å². The van der Waals surface area contributed by atoms with Crippen LogP contribution in [0.2, 0.25) is 0 Å². The normalized spacial score (nSPS) is 15.2. The number of carbonyl (C=O) groups is 1. The smallest absolute Gasteiger partial charge is 0.273 e. The molecule has 3 rings (SSSR count). The van der Waals surface area contributed by atoms with E-state index in [0.29, 0.717) is 24.7 Å². The summed E-state index contributed by atoms with van der Waals surface area (Å²) in [5, 5.41) is 4.94. The van der Waals surface area contributed by atoms with Crippen molar-refractivity contribution < 1.29 is 4.79 Å². The number of anilines is 1. The second-order valence-electron chi connectivity index (χ2n) is 4.00. The van der Waals surface area contributed by atoms with E-state index in [0.717, 1.165) is 0 Å². The Balaban J connectivity index is 1.53. The van der Waals surface area contributed by atoms with Crippen LogP contribution in [-0.2, 0) is 0 Å². The van der Waals surface area contributed by atoms with Crippen LogP contribution in [-0.4, -0.2) is 44.9 Å². The highest BCUT2D eigenvalue weighted by atomic mass is 32.1. The average molecular weight is 261 g/mol. The molecule has 3 heterocycles. The van der Waals surface area contributed by atoms with Gasteiger partial charge in [-0.25, -0.2) is 15.0 Å². The number of hydrogen-bond donors (Lipinski definition) is 1. The molecule has 0 unspecified atom stereocenters. The molecule has 92 valence electrons. The lowest BCUT2D eigenvalue weighted by atomic mass is 10.1. The minimum absolute atomic E-state index is 0.0109. The first kappa shape index (κ1) is 11.1.